The van der Waals surface area contributed by atoms with Gasteiger partial charge in [0.25, 0.3) is 0 Å². The highest BCUT2D eigenvalue weighted by atomic mass is 16.4. The third-order valence-corrected chi connectivity index (χ3v) is 3.33. The van der Waals surface area contributed by atoms with Crippen LogP contribution in [0.1, 0.15) is 12.5 Å². The molecule has 0 radical (unpaired) electrons. The van der Waals surface area contributed by atoms with E-state index in [1.54, 1.807) is 18.2 Å². The zero-order valence-corrected chi connectivity index (χ0v) is 10.8. The van der Waals surface area contributed by atoms with Gasteiger partial charge in [0.2, 0.25) is 11.8 Å². The molecule has 5 nitrogen and oxygen atoms in total. The molecule has 2 heterocycles. The minimum atomic E-state index is -0.153. The van der Waals surface area contributed by atoms with Crippen LogP contribution in [0.25, 0.3) is 11.0 Å². The number of hydrogen-bond acceptors (Lipinski definition) is 4. The molecule has 0 saturated heterocycles. The van der Waals surface area contributed by atoms with Crippen LogP contribution in [0.4, 0.5) is 11.6 Å². The van der Waals surface area contributed by atoms with E-state index in [0.717, 1.165) is 18.5 Å². The van der Waals surface area contributed by atoms with Gasteiger partial charge in [-0.25, -0.2) is 0 Å². The molecule has 0 atom stereocenters. The van der Waals surface area contributed by atoms with Crippen molar-refractivity contribution >= 4 is 28.4 Å². The van der Waals surface area contributed by atoms with Gasteiger partial charge in [-0.2, -0.15) is 0 Å². The highest BCUT2D eigenvalue weighted by Gasteiger charge is 2.23. The first kappa shape index (κ1) is 11.8. The fourth-order valence-electron chi connectivity index (χ4n) is 2.41. The fourth-order valence-corrected chi connectivity index (χ4v) is 2.41. The lowest BCUT2D eigenvalue weighted by Crippen LogP contribution is -2.13. The SMILES string of the molecule is CC(=O)Nc1ccc2c(=O)c3c(oc2c1)N(C)CC3. The molecule has 98 valence electrons. The second-order valence-electron chi connectivity index (χ2n) is 4.78. The number of carbonyl (C=O) groups excluding carboxylic acids is 1. The van der Waals surface area contributed by atoms with E-state index in [9.17, 15) is 9.59 Å². The second-order valence-corrected chi connectivity index (χ2v) is 4.78. The third-order valence-electron chi connectivity index (χ3n) is 3.33. The summed E-state index contributed by atoms with van der Waals surface area (Å²) >= 11 is 0. The van der Waals surface area contributed by atoms with Gasteiger partial charge in [-0.1, -0.05) is 0 Å². The highest BCUT2D eigenvalue weighted by Crippen LogP contribution is 2.28. The third kappa shape index (κ3) is 1.87. The predicted molar refractivity (Wildman–Crippen MR) is 73.8 cm³/mol. The summed E-state index contributed by atoms with van der Waals surface area (Å²) in [5.74, 6) is 0.484. The van der Waals surface area contributed by atoms with Gasteiger partial charge < -0.3 is 14.6 Å². The average Bonchev–Trinajstić information content (AvgIpc) is 2.71. The van der Waals surface area contributed by atoms with Gasteiger partial charge in [0, 0.05) is 32.3 Å². The van der Waals surface area contributed by atoms with Crippen molar-refractivity contribution in [2.45, 2.75) is 13.3 Å². The molecule has 1 N–H and O–H groups in total. The highest BCUT2D eigenvalue weighted by molar-refractivity contribution is 5.92. The number of nitrogens with zero attached hydrogens (tertiary/aromatic N) is 1. The van der Waals surface area contributed by atoms with Crippen LogP contribution in [0.5, 0.6) is 0 Å². The molecule has 19 heavy (non-hydrogen) atoms. The van der Waals surface area contributed by atoms with E-state index in [2.05, 4.69) is 5.32 Å². The molecule has 0 unspecified atom stereocenters. The number of nitrogens with one attached hydrogen (secondary N) is 1. The summed E-state index contributed by atoms with van der Waals surface area (Å²) in [6.45, 7) is 2.24. The molecule has 3 rings (SSSR count). The Labute approximate surface area is 109 Å². The monoisotopic (exact) mass is 258 g/mol. The first-order valence-corrected chi connectivity index (χ1v) is 6.15. The van der Waals surface area contributed by atoms with Crippen molar-refractivity contribution in [2.24, 2.45) is 0 Å². The Balaban J connectivity index is 2.22. The lowest BCUT2D eigenvalue weighted by atomic mass is 10.1. The van der Waals surface area contributed by atoms with Crippen LogP contribution in [0.3, 0.4) is 0 Å². The minimum Gasteiger partial charge on any atom is -0.440 e. The number of benzene rings is 1. The predicted octanol–water partition coefficient (Wildman–Crippen LogP) is 1.74. The largest absolute Gasteiger partial charge is 0.440 e. The van der Waals surface area contributed by atoms with E-state index >= 15 is 0 Å². The number of rotatable bonds is 1. The Bertz CT molecular complexity index is 733. The van der Waals surface area contributed by atoms with Gasteiger partial charge in [0.05, 0.1) is 10.9 Å². The van der Waals surface area contributed by atoms with E-state index in [1.165, 1.54) is 6.92 Å². The van der Waals surface area contributed by atoms with Gasteiger partial charge in [-0.05, 0) is 18.6 Å². The second kappa shape index (κ2) is 4.12. The summed E-state index contributed by atoms with van der Waals surface area (Å²) in [7, 11) is 1.90. The first-order valence-electron chi connectivity index (χ1n) is 6.15. The zero-order valence-electron chi connectivity index (χ0n) is 10.8. The van der Waals surface area contributed by atoms with Crippen molar-refractivity contribution in [2.75, 3.05) is 23.8 Å². The smallest absolute Gasteiger partial charge is 0.221 e. The minimum absolute atomic E-state index is 0.0231. The molecule has 1 amide bonds. The summed E-state index contributed by atoms with van der Waals surface area (Å²) in [6.07, 6.45) is 0.720. The summed E-state index contributed by atoms with van der Waals surface area (Å²) in [4.78, 5) is 25.3. The molecule has 1 aromatic carbocycles. The Morgan fingerprint density at radius 2 is 2.21 bits per heavy atom. The molecule has 0 spiro atoms. The van der Waals surface area contributed by atoms with Gasteiger partial charge in [0.1, 0.15) is 5.58 Å². The maximum absolute atomic E-state index is 12.3. The quantitative estimate of drug-likeness (QED) is 0.846. The summed E-state index contributed by atoms with van der Waals surface area (Å²) < 4.78 is 5.79. The lowest BCUT2D eigenvalue weighted by molar-refractivity contribution is -0.114. The van der Waals surface area contributed by atoms with E-state index < -0.39 is 0 Å². The molecule has 1 aromatic heterocycles. The number of hydrogen-bond donors (Lipinski definition) is 1. The van der Waals surface area contributed by atoms with Gasteiger partial charge in [-0.15, -0.1) is 0 Å². The summed E-state index contributed by atoms with van der Waals surface area (Å²) in [6, 6.07) is 5.10. The topological polar surface area (TPSA) is 62.6 Å². The summed E-state index contributed by atoms with van der Waals surface area (Å²) in [5.41, 5.74) is 1.89. The molecule has 1 aliphatic rings. The van der Waals surface area contributed by atoms with Crippen LogP contribution in [0.2, 0.25) is 0 Å². The first-order chi connectivity index (χ1) is 9.06. The van der Waals surface area contributed by atoms with E-state index in [4.69, 9.17) is 4.42 Å². The van der Waals surface area contributed by atoms with E-state index in [-0.39, 0.29) is 11.3 Å². The van der Waals surface area contributed by atoms with Crippen LogP contribution < -0.4 is 15.6 Å². The maximum Gasteiger partial charge on any atom is 0.221 e. The van der Waals surface area contributed by atoms with Gasteiger partial charge >= 0.3 is 0 Å². The number of fused-ring (bicyclic) bond motifs is 2. The fraction of sp³-hybridized carbons (Fsp3) is 0.286. The molecule has 1 aliphatic heterocycles. The summed E-state index contributed by atoms with van der Waals surface area (Å²) in [5, 5.41) is 3.24. The molecular weight excluding hydrogens is 244 g/mol. The van der Waals surface area contributed by atoms with E-state index in [1.807, 2.05) is 11.9 Å². The number of amides is 1. The number of anilines is 2. The van der Waals surface area contributed by atoms with E-state index in [0.29, 0.717) is 22.5 Å². The standard InChI is InChI=1S/C14H14N2O3/c1-8(17)15-9-3-4-10-12(7-9)19-14-11(13(10)18)5-6-16(14)2/h3-4,7H,5-6H2,1-2H3,(H,15,17). The molecular formula is C14H14N2O3. The van der Waals surface area contributed by atoms with Crippen LogP contribution in [-0.2, 0) is 11.2 Å². The van der Waals surface area contributed by atoms with Crippen molar-refractivity contribution in [1.29, 1.82) is 0 Å². The Morgan fingerprint density at radius 3 is 2.95 bits per heavy atom. The van der Waals surface area contributed by atoms with Crippen molar-refractivity contribution in [3.05, 3.63) is 34.0 Å². The van der Waals surface area contributed by atoms with Gasteiger partial charge in [-0.3, -0.25) is 9.59 Å². The zero-order chi connectivity index (χ0) is 13.6. The molecule has 0 aliphatic carbocycles. The van der Waals surface area contributed by atoms with Crippen molar-refractivity contribution in [1.82, 2.24) is 0 Å². The lowest BCUT2D eigenvalue weighted by Gasteiger charge is -2.11. The molecule has 5 heteroatoms. The van der Waals surface area contributed by atoms with Crippen molar-refractivity contribution in [3.63, 3.8) is 0 Å². The number of likely N-dealkylation sites (N-methyl/N-ethyl adjacent to an activating group) is 1. The normalized spacial score (nSPS) is 13.7. The maximum atomic E-state index is 12.3. The Morgan fingerprint density at radius 1 is 1.42 bits per heavy atom. The van der Waals surface area contributed by atoms with Crippen LogP contribution in [-0.4, -0.2) is 19.5 Å². The number of carbonyl (C=O) groups is 1. The molecule has 0 bridgehead atoms. The van der Waals surface area contributed by atoms with Crippen molar-refractivity contribution < 1.29 is 9.21 Å². The van der Waals surface area contributed by atoms with Crippen LogP contribution >= 0.6 is 0 Å². The molecule has 0 fully saturated rings. The van der Waals surface area contributed by atoms with Gasteiger partial charge in [0.15, 0.2) is 5.43 Å². The average molecular weight is 258 g/mol. The Hall–Kier alpha value is -2.30. The van der Waals surface area contributed by atoms with Crippen LogP contribution in [0, 0.1) is 0 Å². The van der Waals surface area contributed by atoms with Crippen molar-refractivity contribution in [3.8, 4) is 0 Å². The Kier molecular flexibility index (Phi) is 2.55. The molecule has 0 saturated carbocycles. The van der Waals surface area contributed by atoms with Crippen LogP contribution in [0.15, 0.2) is 27.4 Å². The molecule has 2 aromatic rings.